The number of hydrogen-bond acceptors (Lipinski definition) is 4. The van der Waals surface area contributed by atoms with Crippen molar-refractivity contribution in [1.82, 2.24) is 5.43 Å². The smallest absolute Gasteiger partial charge is 0.277 e. The van der Waals surface area contributed by atoms with Crippen LogP contribution in [0, 0.1) is 13.8 Å². The van der Waals surface area contributed by atoms with Gasteiger partial charge < -0.3 is 9.84 Å². The molecule has 2 aromatic carbocycles. The van der Waals surface area contributed by atoms with Crippen molar-refractivity contribution in [3.63, 3.8) is 0 Å². The molecule has 0 aliphatic carbocycles. The highest BCUT2D eigenvalue weighted by molar-refractivity contribution is 9.10. The maximum atomic E-state index is 11.8. The van der Waals surface area contributed by atoms with Crippen LogP contribution in [-0.2, 0) is 4.79 Å². The Labute approximate surface area is 153 Å². The molecule has 24 heavy (non-hydrogen) atoms. The van der Waals surface area contributed by atoms with Crippen molar-refractivity contribution < 1.29 is 14.6 Å². The van der Waals surface area contributed by atoms with Gasteiger partial charge in [0.15, 0.2) is 6.61 Å². The van der Waals surface area contributed by atoms with Crippen LogP contribution in [0.1, 0.15) is 16.7 Å². The minimum atomic E-state index is -0.408. The largest absolute Gasteiger partial charge is 0.507 e. The van der Waals surface area contributed by atoms with Gasteiger partial charge in [-0.3, -0.25) is 4.79 Å². The van der Waals surface area contributed by atoms with Gasteiger partial charge in [-0.05, 0) is 55.3 Å². The third-order valence-corrected chi connectivity index (χ3v) is 3.85. The van der Waals surface area contributed by atoms with Crippen LogP contribution in [0.2, 0.25) is 5.02 Å². The third kappa shape index (κ3) is 4.97. The molecule has 0 atom stereocenters. The van der Waals surface area contributed by atoms with Crippen LogP contribution in [0.5, 0.6) is 11.5 Å². The van der Waals surface area contributed by atoms with E-state index in [1.807, 2.05) is 26.0 Å². The Bertz CT molecular complexity index is 770. The van der Waals surface area contributed by atoms with Gasteiger partial charge in [0.1, 0.15) is 11.5 Å². The molecule has 0 aromatic heterocycles. The van der Waals surface area contributed by atoms with Gasteiger partial charge in [0.2, 0.25) is 0 Å². The molecule has 7 heteroatoms. The fourth-order valence-corrected chi connectivity index (χ4v) is 2.96. The number of hydrogen-bond donors (Lipinski definition) is 2. The highest BCUT2D eigenvalue weighted by Gasteiger charge is 2.08. The standard InChI is InChI=1S/C17H16BrClN2O3/c1-10-5-13(18)6-11(2)17(10)24-9-16(23)21-20-8-12-7-14(19)3-4-15(12)22/h3-8,22H,9H2,1-2H3,(H,21,23)/b20-8+. The lowest BCUT2D eigenvalue weighted by molar-refractivity contribution is -0.123. The molecule has 5 nitrogen and oxygen atoms in total. The second kappa shape index (κ2) is 8.17. The SMILES string of the molecule is Cc1cc(Br)cc(C)c1OCC(=O)N/N=C/c1cc(Cl)ccc1O. The quantitative estimate of drug-likeness (QED) is 0.578. The van der Waals surface area contributed by atoms with Crippen LogP contribution in [0.3, 0.4) is 0 Å². The number of carbonyl (C=O) groups excluding carboxylic acids is 1. The molecule has 0 bridgehead atoms. The van der Waals surface area contributed by atoms with E-state index >= 15 is 0 Å². The Balaban J connectivity index is 1.92. The zero-order chi connectivity index (χ0) is 17.7. The molecule has 1 amide bonds. The van der Waals surface area contributed by atoms with Crippen molar-refractivity contribution in [2.24, 2.45) is 5.10 Å². The van der Waals surface area contributed by atoms with Gasteiger partial charge >= 0.3 is 0 Å². The van der Waals surface area contributed by atoms with E-state index in [9.17, 15) is 9.90 Å². The van der Waals surface area contributed by atoms with Gasteiger partial charge in [-0.25, -0.2) is 5.43 Å². The molecular formula is C17H16BrClN2O3. The van der Waals surface area contributed by atoms with Crippen molar-refractivity contribution in [3.8, 4) is 11.5 Å². The number of nitrogens with zero attached hydrogens (tertiary/aromatic N) is 1. The molecule has 0 unspecified atom stereocenters. The summed E-state index contributed by atoms with van der Waals surface area (Å²) >= 11 is 9.24. The van der Waals surface area contributed by atoms with Gasteiger partial charge in [-0.1, -0.05) is 27.5 Å². The maximum absolute atomic E-state index is 11.8. The predicted molar refractivity (Wildman–Crippen MR) is 98.0 cm³/mol. The van der Waals surface area contributed by atoms with E-state index in [0.29, 0.717) is 16.3 Å². The predicted octanol–water partition coefficient (Wildman–Crippen LogP) is 3.95. The molecular weight excluding hydrogens is 396 g/mol. The number of phenolic OH excluding ortho intramolecular Hbond substituents is 1. The lowest BCUT2D eigenvalue weighted by Crippen LogP contribution is -2.25. The van der Waals surface area contributed by atoms with Crippen molar-refractivity contribution in [2.75, 3.05) is 6.61 Å². The minimum absolute atomic E-state index is 0.0229. The van der Waals surface area contributed by atoms with Crippen molar-refractivity contribution in [3.05, 3.63) is 56.5 Å². The highest BCUT2D eigenvalue weighted by atomic mass is 79.9. The van der Waals surface area contributed by atoms with Crippen LogP contribution < -0.4 is 10.2 Å². The average Bonchev–Trinajstić information content (AvgIpc) is 2.49. The first-order valence-electron chi connectivity index (χ1n) is 7.07. The molecule has 0 fully saturated rings. The summed E-state index contributed by atoms with van der Waals surface area (Å²) in [4.78, 5) is 11.8. The topological polar surface area (TPSA) is 70.9 Å². The van der Waals surface area contributed by atoms with Crippen molar-refractivity contribution >= 4 is 39.7 Å². The fourth-order valence-electron chi connectivity index (χ4n) is 2.10. The van der Waals surface area contributed by atoms with E-state index in [4.69, 9.17) is 16.3 Å². The summed E-state index contributed by atoms with van der Waals surface area (Å²) in [6.45, 7) is 3.65. The molecule has 0 radical (unpaired) electrons. The molecule has 0 aliphatic rings. The number of benzene rings is 2. The van der Waals surface area contributed by atoms with Gasteiger partial charge in [0, 0.05) is 15.1 Å². The summed E-state index contributed by atoms with van der Waals surface area (Å²) in [5.41, 5.74) is 4.61. The number of halogens is 2. The molecule has 126 valence electrons. The van der Waals surface area contributed by atoms with Crippen molar-refractivity contribution in [2.45, 2.75) is 13.8 Å². The Kier molecular flexibility index (Phi) is 6.23. The fraction of sp³-hybridized carbons (Fsp3) is 0.176. The van der Waals surface area contributed by atoms with Crippen LogP contribution in [-0.4, -0.2) is 23.8 Å². The van der Waals surface area contributed by atoms with Gasteiger partial charge in [0.25, 0.3) is 5.91 Å². The lowest BCUT2D eigenvalue weighted by atomic mass is 10.1. The highest BCUT2D eigenvalue weighted by Crippen LogP contribution is 2.27. The first-order valence-corrected chi connectivity index (χ1v) is 8.24. The first-order chi connectivity index (χ1) is 11.4. The number of aromatic hydroxyl groups is 1. The first kappa shape index (κ1) is 18.3. The van der Waals surface area contributed by atoms with E-state index in [1.165, 1.54) is 18.3 Å². The number of hydrazone groups is 1. The second-order valence-corrected chi connectivity index (χ2v) is 6.51. The number of amides is 1. The Morgan fingerprint density at radius 1 is 1.33 bits per heavy atom. The number of ether oxygens (including phenoxy) is 1. The van der Waals surface area contributed by atoms with Crippen molar-refractivity contribution in [1.29, 1.82) is 0 Å². The molecule has 0 spiro atoms. The number of carbonyl (C=O) groups is 1. The number of nitrogens with one attached hydrogen (secondary N) is 1. The molecule has 0 aliphatic heterocycles. The molecule has 0 heterocycles. The summed E-state index contributed by atoms with van der Waals surface area (Å²) in [5.74, 6) is 0.286. The monoisotopic (exact) mass is 410 g/mol. The van der Waals surface area contributed by atoms with E-state index in [-0.39, 0.29) is 12.4 Å². The normalized spacial score (nSPS) is 10.8. The summed E-state index contributed by atoms with van der Waals surface area (Å²) < 4.78 is 6.51. The summed E-state index contributed by atoms with van der Waals surface area (Å²) in [7, 11) is 0. The Morgan fingerprint density at radius 3 is 2.67 bits per heavy atom. The van der Waals surface area contributed by atoms with Crippen LogP contribution in [0.25, 0.3) is 0 Å². The summed E-state index contributed by atoms with van der Waals surface area (Å²) in [6, 6.07) is 8.38. The van der Waals surface area contributed by atoms with Gasteiger partial charge in [0.05, 0.1) is 6.21 Å². The number of aryl methyl sites for hydroxylation is 2. The second-order valence-electron chi connectivity index (χ2n) is 5.15. The molecule has 0 saturated carbocycles. The van der Waals surface area contributed by atoms with Crippen LogP contribution >= 0.6 is 27.5 Å². The molecule has 2 N–H and O–H groups in total. The van der Waals surface area contributed by atoms with Crippen LogP contribution in [0.4, 0.5) is 0 Å². The average molecular weight is 412 g/mol. The third-order valence-electron chi connectivity index (χ3n) is 3.16. The van der Waals surface area contributed by atoms with Crippen LogP contribution in [0.15, 0.2) is 39.9 Å². The molecule has 2 rings (SSSR count). The summed E-state index contributed by atoms with van der Waals surface area (Å²) in [5, 5.41) is 13.9. The number of phenols is 1. The zero-order valence-corrected chi connectivity index (χ0v) is 15.5. The minimum Gasteiger partial charge on any atom is -0.507 e. The Hall–Kier alpha value is -2.05. The zero-order valence-electron chi connectivity index (χ0n) is 13.1. The number of rotatable bonds is 5. The van der Waals surface area contributed by atoms with Gasteiger partial charge in [-0.15, -0.1) is 0 Å². The van der Waals surface area contributed by atoms with E-state index in [1.54, 1.807) is 6.07 Å². The van der Waals surface area contributed by atoms with E-state index in [0.717, 1.165) is 15.6 Å². The molecule has 2 aromatic rings. The van der Waals surface area contributed by atoms with Gasteiger partial charge in [-0.2, -0.15) is 5.10 Å². The Morgan fingerprint density at radius 2 is 2.00 bits per heavy atom. The van der Waals surface area contributed by atoms with E-state index < -0.39 is 5.91 Å². The maximum Gasteiger partial charge on any atom is 0.277 e. The summed E-state index contributed by atoms with van der Waals surface area (Å²) in [6.07, 6.45) is 1.31. The molecule has 0 saturated heterocycles. The lowest BCUT2D eigenvalue weighted by Gasteiger charge is -2.11. The van der Waals surface area contributed by atoms with E-state index in [2.05, 4.69) is 26.5 Å².